The number of nitrogens with zero attached hydrogens (tertiary/aromatic N) is 1. The third-order valence-electron chi connectivity index (χ3n) is 3.00. The number of H-pyrrole nitrogens is 1. The zero-order valence-electron chi connectivity index (χ0n) is 10.3. The van der Waals surface area contributed by atoms with E-state index in [1.54, 1.807) is 7.11 Å². The molecular formula is C12H17BrN2O2. The molecule has 0 bridgehead atoms. The molecule has 0 spiro atoms. The molecule has 0 radical (unpaired) electrons. The predicted octanol–water partition coefficient (Wildman–Crippen LogP) is 2.75. The van der Waals surface area contributed by atoms with Crippen molar-refractivity contribution in [3.63, 3.8) is 0 Å². The van der Waals surface area contributed by atoms with Crippen LogP contribution in [-0.2, 0) is 4.74 Å². The Morgan fingerprint density at radius 1 is 1.47 bits per heavy atom. The highest BCUT2D eigenvalue weighted by molar-refractivity contribution is 9.10. The summed E-state index contributed by atoms with van der Waals surface area (Å²) in [5.74, 6) is 1.35. The minimum absolute atomic E-state index is 0.111. The van der Waals surface area contributed by atoms with Crippen LogP contribution in [0.2, 0.25) is 0 Å². The first-order chi connectivity index (χ1) is 8.04. The molecule has 4 nitrogen and oxygen atoms in total. The topological polar surface area (TPSA) is 55.0 Å². The van der Waals surface area contributed by atoms with Crippen LogP contribution in [0.15, 0.2) is 9.27 Å². The predicted molar refractivity (Wildman–Crippen MR) is 69.1 cm³/mol. The van der Waals surface area contributed by atoms with Gasteiger partial charge < -0.3 is 9.72 Å². The lowest BCUT2D eigenvalue weighted by molar-refractivity contribution is 0.0570. The number of aromatic nitrogens is 2. The summed E-state index contributed by atoms with van der Waals surface area (Å²) in [6.45, 7) is 4.10. The Morgan fingerprint density at radius 2 is 2.12 bits per heavy atom. The van der Waals surface area contributed by atoms with E-state index in [9.17, 15) is 4.79 Å². The maximum absolute atomic E-state index is 11.8. The molecular weight excluding hydrogens is 284 g/mol. The van der Waals surface area contributed by atoms with Crippen LogP contribution in [0.25, 0.3) is 0 Å². The summed E-state index contributed by atoms with van der Waals surface area (Å²) < 4.78 is 5.97. The van der Waals surface area contributed by atoms with Crippen molar-refractivity contribution in [3.8, 4) is 0 Å². The second-order valence-corrected chi connectivity index (χ2v) is 5.62. The smallest absolute Gasteiger partial charge is 0.265 e. The van der Waals surface area contributed by atoms with Gasteiger partial charge in [-0.15, -0.1) is 0 Å². The number of aromatic amines is 1. The van der Waals surface area contributed by atoms with Gasteiger partial charge in [0.05, 0.1) is 5.69 Å². The van der Waals surface area contributed by atoms with Crippen molar-refractivity contribution in [2.75, 3.05) is 7.11 Å². The van der Waals surface area contributed by atoms with Gasteiger partial charge >= 0.3 is 0 Å². The van der Waals surface area contributed by atoms with E-state index in [0.29, 0.717) is 16.2 Å². The van der Waals surface area contributed by atoms with E-state index in [4.69, 9.17) is 4.74 Å². The summed E-state index contributed by atoms with van der Waals surface area (Å²) in [4.78, 5) is 19.2. The monoisotopic (exact) mass is 300 g/mol. The SMILES string of the molecule is COC(c1nc(C2CC2)c(Br)c(=O)[nH]1)C(C)C. The summed E-state index contributed by atoms with van der Waals surface area (Å²) >= 11 is 3.32. The third-order valence-corrected chi connectivity index (χ3v) is 3.77. The number of halogens is 1. The Morgan fingerprint density at radius 3 is 2.59 bits per heavy atom. The van der Waals surface area contributed by atoms with E-state index >= 15 is 0 Å². The summed E-state index contributed by atoms with van der Waals surface area (Å²) in [5, 5.41) is 0. The van der Waals surface area contributed by atoms with Crippen LogP contribution in [0.5, 0.6) is 0 Å². The number of methoxy groups -OCH3 is 1. The average Bonchev–Trinajstić information content (AvgIpc) is 3.07. The van der Waals surface area contributed by atoms with Gasteiger partial charge in [0, 0.05) is 13.0 Å². The Labute approximate surface area is 109 Å². The molecule has 0 saturated heterocycles. The first-order valence-electron chi connectivity index (χ1n) is 5.87. The van der Waals surface area contributed by atoms with Crippen molar-refractivity contribution in [2.24, 2.45) is 5.92 Å². The van der Waals surface area contributed by atoms with Crippen LogP contribution in [0.4, 0.5) is 0 Å². The number of rotatable bonds is 4. The van der Waals surface area contributed by atoms with E-state index in [1.807, 2.05) is 13.8 Å². The lowest BCUT2D eigenvalue weighted by atomic mass is 10.1. The van der Waals surface area contributed by atoms with Gasteiger partial charge in [-0.2, -0.15) is 0 Å². The minimum atomic E-state index is -0.159. The summed E-state index contributed by atoms with van der Waals surface area (Å²) in [6, 6.07) is 0. The fourth-order valence-electron chi connectivity index (χ4n) is 1.96. The second kappa shape index (κ2) is 4.90. The van der Waals surface area contributed by atoms with Crippen molar-refractivity contribution in [2.45, 2.75) is 38.7 Å². The molecule has 0 aromatic carbocycles. The zero-order valence-corrected chi connectivity index (χ0v) is 11.9. The molecule has 1 aliphatic rings. The molecule has 2 rings (SSSR count). The number of nitrogens with one attached hydrogen (secondary N) is 1. The van der Waals surface area contributed by atoms with Crippen LogP contribution < -0.4 is 5.56 Å². The van der Waals surface area contributed by atoms with E-state index < -0.39 is 0 Å². The number of hydrogen-bond donors (Lipinski definition) is 1. The quantitative estimate of drug-likeness (QED) is 0.930. The van der Waals surface area contributed by atoms with E-state index in [2.05, 4.69) is 25.9 Å². The van der Waals surface area contributed by atoms with Crippen molar-refractivity contribution >= 4 is 15.9 Å². The largest absolute Gasteiger partial charge is 0.373 e. The zero-order chi connectivity index (χ0) is 12.6. The van der Waals surface area contributed by atoms with E-state index in [0.717, 1.165) is 18.5 Å². The Bertz CT molecular complexity index is 466. The maximum atomic E-state index is 11.8. The summed E-state index contributed by atoms with van der Waals surface area (Å²) in [6.07, 6.45) is 2.08. The normalized spacial score (nSPS) is 17.5. The summed E-state index contributed by atoms with van der Waals surface area (Å²) in [7, 11) is 1.64. The van der Waals surface area contributed by atoms with Gasteiger partial charge in [-0.3, -0.25) is 4.79 Å². The molecule has 1 saturated carbocycles. The Kier molecular flexibility index (Phi) is 3.68. The van der Waals surface area contributed by atoms with Gasteiger partial charge in [0.15, 0.2) is 0 Å². The maximum Gasteiger partial charge on any atom is 0.265 e. The standard InChI is InChI=1S/C12H17BrN2O2/c1-6(2)10(17-3)11-14-9(7-4-5-7)8(13)12(16)15-11/h6-7,10H,4-5H2,1-3H3,(H,14,15,16). The van der Waals surface area contributed by atoms with Gasteiger partial charge in [-0.1, -0.05) is 13.8 Å². The minimum Gasteiger partial charge on any atom is -0.373 e. The third kappa shape index (κ3) is 2.60. The van der Waals surface area contributed by atoms with Crippen LogP contribution in [0, 0.1) is 5.92 Å². The van der Waals surface area contributed by atoms with Gasteiger partial charge in [-0.05, 0) is 34.7 Å². The molecule has 94 valence electrons. The molecule has 1 atom stereocenters. The average molecular weight is 301 g/mol. The molecule has 1 aromatic rings. The number of ether oxygens (including phenoxy) is 1. The molecule has 1 fully saturated rings. The summed E-state index contributed by atoms with van der Waals surface area (Å²) in [5.41, 5.74) is 0.769. The molecule has 0 amide bonds. The highest BCUT2D eigenvalue weighted by atomic mass is 79.9. The lowest BCUT2D eigenvalue weighted by Gasteiger charge is -2.19. The van der Waals surface area contributed by atoms with Crippen molar-refractivity contribution < 1.29 is 4.74 Å². The molecule has 1 heterocycles. The second-order valence-electron chi connectivity index (χ2n) is 4.82. The first-order valence-corrected chi connectivity index (χ1v) is 6.66. The van der Waals surface area contributed by atoms with Gasteiger partial charge in [0.1, 0.15) is 16.4 Å². The molecule has 1 aromatic heterocycles. The molecule has 5 heteroatoms. The lowest BCUT2D eigenvalue weighted by Crippen LogP contribution is -2.21. The van der Waals surface area contributed by atoms with Crippen LogP contribution >= 0.6 is 15.9 Å². The number of hydrogen-bond acceptors (Lipinski definition) is 3. The van der Waals surface area contributed by atoms with Crippen molar-refractivity contribution in [3.05, 3.63) is 26.3 Å². The van der Waals surface area contributed by atoms with Gasteiger partial charge in [0.25, 0.3) is 5.56 Å². The van der Waals surface area contributed by atoms with Crippen LogP contribution in [0.1, 0.15) is 50.2 Å². The first kappa shape index (κ1) is 12.8. The molecule has 17 heavy (non-hydrogen) atoms. The molecule has 1 N–H and O–H groups in total. The molecule has 1 unspecified atom stereocenters. The van der Waals surface area contributed by atoms with Gasteiger partial charge in [0.2, 0.25) is 0 Å². The fourth-order valence-corrected chi connectivity index (χ4v) is 2.47. The molecule has 1 aliphatic carbocycles. The van der Waals surface area contributed by atoms with Crippen molar-refractivity contribution in [1.82, 2.24) is 9.97 Å². The van der Waals surface area contributed by atoms with E-state index in [-0.39, 0.29) is 17.6 Å². The highest BCUT2D eigenvalue weighted by Crippen LogP contribution is 2.41. The highest BCUT2D eigenvalue weighted by Gasteiger charge is 2.30. The van der Waals surface area contributed by atoms with Crippen molar-refractivity contribution in [1.29, 1.82) is 0 Å². The van der Waals surface area contributed by atoms with Crippen LogP contribution in [-0.4, -0.2) is 17.1 Å². The van der Waals surface area contributed by atoms with Gasteiger partial charge in [-0.25, -0.2) is 4.98 Å². The van der Waals surface area contributed by atoms with Crippen LogP contribution in [0.3, 0.4) is 0 Å². The Hall–Kier alpha value is -0.680. The van der Waals surface area contributed by atoms with E-state index in [1.165, 1.54) is 0 Å². The molecule has 0 aliphatic heterocycles. The Balaban J connectivity index is 2.44. The fraction of sp³-hybridized carbons (Fsp3) is 0.667.